The molecule has 146 valence electrons. The summed E-state index contributed by atoms with van der Waals surface area (Å²) in [6.07, 6.45) is 5.06. The molecule has 1 saturated heterocycles. The third-order valence-electron chi connectivity index (χ3n) is 4.18. The highest BCUT2D eigenvalue weighted by Gasteiger charge is 2.41. The van der Waals surface area contributed by atoms with Crippen LogP contribution in [0.2, 0.25) is 0 Å². The molecule has 1 aromatic carbocycles. The summed E-state index contributed by atoms with van der Waals surface area (Å²) in [7, 11) is 0. The van der Waals surface area contributed by atoms with E-state index in [4.69, 9.17) is 17.0 Å². The maximum absolute atomic E-state index is 12.7. The molecule has 1 aromatic rings. The lowest BCUT2D eigenvalue weighted by Crippen LogP contribution is -2.47. The van der Waals surface area contributed by atoms with E-state index in [-0.39, 0.29) is 16.1 Å². The van der Waals surface area contributed by atoms with Gasteiger partial charge in [-0.15, -0.1) is 0 Å². The summed E-state index contributed by atoms with van der Waals surface area (Å²) in [6.45, 7) is 6.37. The van der Waals surface area contributed by atoms with Crippen LogP contribution < -0.4 is 4.74 Å². The Kier molecular flexibility index (Phi) is 7.86. The summed E-state index contributed by atoms with van der Waals surface area (Å²) in [6, 6.07) is 6.53. The van der Waals surface area contributed by atoms with E-state index in [9.17, 15) is 14.7 Å². The molecule has 0 saturated carbocycles. The summed E-state index contributed by atoms with van der Waals surface area (Å²) in [4.78, 5) is 25.9. The number of hydrogen-bond donors (Lipinski definition) is 1. The maximum atomic E-state index is 12.7. The third kappa shape index (κ3) is 5.56. The highest BCUT2D eigenvalue weighted by atomic mass is 32.2. The molecule has 1 aliphatic heterocycles. The van der Waals surface area contributed by atoms with Crippen LogP contribution in [-0.2, 0) is 9.59 Å². The van der Waals surface area contributed by atoms with E-state index in [1.165, 1.54) is 4.90 Å². The maximum Gasteiger partial charge on any atom is 0.327 e. The number of rotatable bonds is 9. The average molecular weight is 408 g/mol. The molecular formula is C20H25NO4S2. The highest BCUT2D eigenvalue weighted by molar-refractivity contribution is 8.26. The molecule has 0 unspecified atom stereocenters. The van der Waals surface area contributed by atoms with Gasteiger partial charge < -0.3 is 9.84 Å². The van der Waals surface area contributed by atoms with Crippen molar-refractivity contribution in [3.05, 3.63) is 34.7 Å². The average Bonchev–Trinajstić information content (AvgIpc) is 2.87. The number of carbonyl (C=O) groups excluding carboxylic acids is 1. The molecule has 2 rings (SSSR count). The van der Waals surface area contributed by atoms with Gasteiger partial charge in [0.15, 0.2) is 0 Å². The second-order valence-electron chi connectivity index (χ2n) is 6.70. The Morgan fingerprint density at radius 1 is 1.30 bits per heavy atom. The molecule has 5 nitrogen and oxygen atoms in total. The fourth-order valence-corrected chi connectivity index (χ4v) is 4.10. The SMILES string of the molecule is CCCCCOc1ccc(/C=C2\SC(=S)N([C@H](C(=O)O)C(C)C)C2=O)cc1. The van der Waals surface area contributed by atoms with Crippen LogP contribution in [0.1, 0.15) is 45.6 Å². The molecule has 1 fully saturated rings. The van der Waals surface area contributed by atoms with Gasteiger partial charge >= 0.3 is 5.97 Å². The fourth-order valence-electron chi connectivity index (χ4n) is 2.77. The van der Waals surface area contributed by atoms with Crippen molar-refractivity contribution in [1.29, 1.82) is 0 Å². The van der Waals surface area contributed by atoms with Crippen molar-refractivity contribution in [3.63, 3.8) is 0 Å². The molecule has 7 heteroatoms. The monoisotopic (exact) mass is 407 g/mol. The number of thioether (sulfide) groups is 1. The zero-order valence-corrected chi connectivity index (χ0v) is 17.4. The van der Waals surface area contributed by atoms with Gasteiger partial charge in [-0.25, -0.2) is 4.79 Å². The normalized spacial score (nSPS) is 17.0. The van der Waals surface area contributed by atoms with Gasteiger partial charge in [-0.1, -0.05) is 69.7 Å². The zero-order valence-electron chi connectivity index (χ0n) is 15.8. The van der Waals surface area contributed by atoms with Gasteiger partial charge in [0.25, 0.3) is 5.91 Å². The van der Waals surface area contributed by atoms with Crippen LogP contribution in [0.25, 0.3) is 6.08 Å². The minimum absolute atomic E-state index is 0.242. The minimum atomic E-state index is -1.05. The summed E-state index contributed by atoms with van der Waals surface area (Å²) >= 11 is 6.40. The van der Waals surface area contributed by atoms with E-state index in [2.05, 4.69) is 6.92 Å². The summed E-state index contributed by atoms with van der Waals surface area (Å²) in [5.41, 5.74) is 0.841. The Labute approximate surface area is 169 Å². The van der Waals surface area contributed by atoms with Crippen molar-refractivity contribution >= 4 is 46.3 Å². The van der Waals surface area contributed by atoms with Crippen LogP contribution in [-0.4, -0.2) is 38.9 Å². The lowest BCUT2D eigenvalue weighted by Gasteiger charge is -2.26. The molecule has 1 amide bonds. The molecule has 0 radical (unpaired) electrons. The second-order valence-corrected chi connectivity index (χ2v) is 8.38. The second kappa shape index (κ2) is 9.90. The Balaban J connectivity index is 2.10. The highest BCUT2D eigenvalue weighted by Crippen LogP contribution is 2.35. The van der Waals surface area contributed by atoms with E-state index in [1.807, 2.05) is 24.3 Å². The molecule has 1 atom stereocenters. The van der Waals surface area contributed by atoms with Gasteiger partial charge in [0.2, 0.25) is 0 Å². The molecule has 0 bridgehead atoms. The van der Waals surface area contributed by atoms with E-state index in [0.29, 0.717) is 11.5 Å². The van der Waals surface area contributed by atoms with Gasteiger partial charge in [-0.2, -0.15) is 0 Å². The number of unbranched alkanes of at least 4 members (excludes halogenated alkanes) is 2. The summed E-state index contributed by atoms with van der Waals surface area (Å²) in [5, 5.41) is 9.45. The molecule has 0 spiro atoms. The van der Waals surface area contributed by atoms with Gasteiger partial charge in [-0.05, 0) is 36.1 Å². The third-order valence-corrected chi connectivity index (χ3v) is 5.51. The zero-order chi connectivity index (χ0) is 20.0. The van der Waals surface area contributed by atoms with Crippen molar-refractivity contribution < 1.29 is 19.4 Å². The Morgan fingerprint density at radius 3 is 2.52 bits per heavy atom. The van der Waals surface area contributed by atoms with Crippen molar-refractivity contribution in [2.24, 2.45) is 5.92 Å². The van der Waals surface area contributed by atoms with Crippen molar-refractivity contribution in [1.82, 2.24) is 4.90 Å². The number of carboxylic acid groups (broad SMARTS) is 1. The first-order valence-electron chi connectivity index (χ1n) is 9.07. The van der Waals surface area contributed by atoms with Crippen LogP contribution >= 0.6 is 24.0 Å². The van der Waals surface area contributed by atoms with Crippen LogP contribution in [0.5, 0.6) is 5.75 Å². The number of thiocarbonyl (C=S) groups is 1. The summed E-state index contributed by atoms with van der Waals surface area (Å²) in [5.74, 6) is -0.854. The standard InChI is InChI=1S/C20H25NO4S2/c1-4-5-6-11-25-15-9-7-14(8-10-15)12-16-18(22)21(20(26)27-16)17(13(2)3)19(23)24/h7-10,12-13,17H,4-6,11H2,1-3H3,(H,23,24)/b16-12-/t17-/m0/s1. The number of ether oxygens (including phenoxy) is 1. The van der Waals surface area contributed by atoms with Gasteiger partial charge in [0.1, 0.15) is 16.1 Å². The number of benzene rings is 1. The molecule has 0 aliphatic carbocycles. The largest absolute Gasteiger partial charge is 0.494 e. The first-order valence-corrected chi connectivity index (χ1v) is 10.3. The first kappa shape index (κ1) is 21.4. The van der Waals surface area contributed by atoms with Crippen molar-refractivity contribution in [2.45, 2.75) is 46.1 Å². The molecule has 1 heterocycles. The van der Waals surface area contributed by atoms with Crippen LogP contribution in [0.15, 0.2) is 29.2 Å². The molecule has 1 N–H and O–H groups in total. The number of hydrogen-bond acceptors (Lipinski definition) is 5. The van der Waals surface area contributed by atoms with Crippen LogP contribution in [0.3, 0.4) is 0 Å². The number of aliphatic carboxylic acids is 1. The number of amides is 1. The van der Waals surface area contributed by atoms with Crippen LogP contribution in [0.4, 0.5) is 0 Å². The summed E-state index contributed by atoms with van der Waals surface area (Å²) < 4.78 is 5.97. The van der Waals surface area contributed by atoms with E-state index in [1.54, 1.807) is 19.9 Å². The Hall–Kier alpha value is -1.86. The topological polar surface area (TPSA) is 66.8 Å². The lowest BCUT2D eigenvalue weighted by atomic mass is 10.0. The van der Waals surface area contributed by atoms with Crippen molar-refractivity contribution in [2.75, 3.05) is 6.61 Å². The quantitative estimate of drug-likeness (QED) is 0.368. The van der Waals surface area contributed by atoms with Gasteiger partial charge in [0, 0.05) is 0 Å². The smallest absolute Gasteiger partial charge is 0.327 e. The predicted molar refractivity (Wildman–Crippen MR) is 113 cm³/mol. The fraction of sp³-hybridized carbons (Fsp3) is 0.450. The number of carboxylic acids is 1. The number of nitrogens with zero attached hydrogens (tertiary/aromatic N) is 1. The van der Waals surface area contributed by atoms with Gasteiger partial charge in [-0.3, -0.25) is 9.69 Å². The van der Waals surface area contributed by atoms with Crippen LogP contribution in [0, 0.1) is 5.92 Å². The Bertz CT molecular complexity index is 728. The van der Waals surface area contributed by atoms with Gasteiger partial charge in [0.05, 0.1) is 11.5 Å². The Morgan fingerprint density at radius 2 is 1.96 bits per heavy atom. The lowest BCUT2D eigenvalue weighted by molar-refractivity contribution is -0.146. The van der Waals surface area contributed by atoms with Crippen molar-refractivity contribution in [3.8, 4) is 5.75 Å². The molecular weight excluding hydrogens is 382 g/mol. The molecule has 1 aliphatic rings. The first-order chi connectivity index (χ1) is 12.8. The van der Waals surface area contributed by atoms with E-state index < -0.39 is 12.0 Å². The predicted octanol–water partition coefficient (Wildman–Crippen LogP) is 4.57. The molecule has 27 heavy (non-hydrogen) atoms. The van der Waals surface area contributed by atoms with E-state index in [0.717, 1.165) is 42.3 Å². The number of carbonyl (C=O) groups is 2. The van der Waals surface area contributed by atoms with E-state index >= 15 is 0 Å². The minimum Gasteiger partial charge on any atom is -0.494 e. The molecule has 0 aromatic heterocycles.